The summed E-state index contributed by atoms with van der Waals surface area (Å²) in [7, 11) is 0. The Balaban J connectivity index is 2.13. The van der Waals surface area contributed by atoms with Crippen LogP contribution in [-0.2, 0) is 27.2 Å². The third-order valence-corrected chi connectivity index (χ3v) is 4.19. The molecule has 4 nitrogen and oxygen atoms in total. The summed E-state index contributed by atoms with van der Waals surface area (Å²) in [6.07, 6.45) is 1.15. The van der Waals surface area contributed by atoms with Gasteiger partial charge in [-0.1, -0.05) is 60.7 Å². The highest BCUT2D eigenvalue weighted by Gasteiger charge is 2.28. The van der Waals surface area contributed by atoms with Crippen LogP contribution in [0, 0.1) is 11.8 Å². The number of benzene rings is 2. The minimum absolute atomic E-state index is 0.262. The monoisotopic (exact) mass is 340 g/mol. The molecule has 0 aliphatic carbocycles. The maximum Gasteiger partial charge on any atom is 0.309 e. The van der Waals surface area contributed by atoms with Crippen LogP contribution in [0.3, 0.4) is 0 Å². The molecule has 0 radical (unpaired) electrons. The van der Waals surface area contributed by atoms with Crippen LogP contribution >= 0.6 is 0 Å². The number of hydrogen-bond acceptors (Lipinski definition) is 3. The van der Waals surface area contributed by atoms with Gasteiger partial charge in [0.15, 0.2) is 0 Å². The van der Waals surface area contributed by atoms with Crippen LogP contribution in [0.5, 0.6) is 0 Å². The van der Waals surface area contributed by atoms with E-state index in [2.05, 4.69) is 0 Å². The smallest absolute Gasteiger partial charge is 0.309 e. The molecule has 25 heavy (non-hydrogen) atoms. The van der Waals surface area contributed by atoms with Gasteiger partial charge >= 0.3 is 11.9 Å². The third kappa shape index (κ3) is 6.07. The summed E-state index contributed by atoms with van der Waals surface area (Å²) in [5.41, 5.74) is 1.96. The van der Waals surface area contributed by atoms with Gasteiger partial charge in [0, 0.05) is 0 Å². The molecule has 1 N–H and O–H groups in total. The van der Waals surface area contributed by atoms with Gasteiger partial charge in [0.1, 0.15) is 0 Å². The summed E-state index contributed by atoms with van der Waals surface area (Å²) < 4.78 is 5.18. The number of carboxylic acids is 1. The van der Waals surface area contributed by atoms with E-state index in [1.54, 1.807) is 6.92 Å². The minimum atomic E-state index is -0.883. The molecule has 132 valence electrons. The molecule has 0 unspecified atom stereocenters. The third-order valence-electron chi connectivity index (χ3n) is 4.19. The molecule has 0 spiro atoms. The SMILES string of the molecule is CCOC(=O)[C@H](Cc1ccccc1)C[C@@H](Cc1ccccc1)C(=O)O. The Morgan fingerprint density at radius 2 is 1.36 bits per heavy atom. The topological polar surface area (TPSA) is 63.6 Å². The van der Waals surface area contributed by atoms with Crippen molar-refractivity contribution in [2.45, 2.75) is 26.2 Å². The molecule has 2 aromatic carbocycles. The van der Waals surface area contributed by atoms with Crippen molar-refractivity contribution in [1.29, 1.82) is 0 Å². The lowest BCUT2D eigenvalue weighted by molar-refractivity contribution is -0.150. The van der Waals surface area contributed by atoms with Crippen LogP contribution in [0.15, 0.2) is 60.7 Å². The van der Waals surface area contributed by atoms with Gasteiger partial charge in [-0.3, -0.25) is 9.59 Å². The van der Waals surface area contributed by atoms with Crippen molar-refractivity contribution in [3.05, 3.63) is 71.8 Å². The summed E-state index contributed by atoms with van der Waals surface area (Å²) in [6, 6.07) is 19.1. The summed E-state index contributed by atoms with van der Waals surface area (Å²) >= 11 is 0. The van der Waals surface area contributed by atoms with Crippen molar-refractivity contribution in [3.8, 4) is 0 Å². The fourth-order valence-electron chi connectivity index (χ4n) is 2.94. The second-order valence-corrected chi connectivity index (χ2v) is 6.10. The highest BCUT2D eigenvalue weighted by Crippen LogP contribution is 2.23. The number of carbonyl (C=O) groups is 2. The lowest BCUT2D eigenvalue weighted by atomic mass is 9.86. The van der Waals surface area contributed by atoms with E-state index in [-0.39, 0.29) is 12.4 Å². The van der Waals surface area contributed by atoms with Crippen LogP contribution in [0.25, 0.3) is 0 Å². The normalized spacial score (nSPS) is 13.0. The first-order chi connectivity index (χ1) is 12.1. The molecule has 0 fully saturated rings. The largest absolute Gasteiger partial charge is 0.481 e. The molecule has 0 heterocycles. The van der Waals surface area contributed by atoms with E-state index in [0.717, 1.165) is 11.1 Å². The van der Waals surface area contributed by atoms with E-state index in [1.807, 2.05) is 60.7 Å². The maximum atomic E-state index is 12.3. The molecular weight excluding hydrogens is 316 g/mol. The number of carbonyl (C=O) groups excluding carboxylic acids is 1. The van der Waals surface area contributed by atoms with Gasteiger partial charge in [0.2, 0.25) is 0 Å². The summed E-state index contributed by atoms with van der Waals surface area (Å²) in [5, 5.41) is 9.61. The fourth-order valence-corrected chi connectivity index (χ4v) is 2.94. The van der Waals surface area contributed by atoms with Crippen molar-refractivity contribution in [2.75, 3.05) is 6.61 Å². The van der Waals surface area contributed by atoms with Crippen LogP contribution in [0.4, 0.5) is 0 Å². The average Bonchev–Trinajstić information content (AvgIpc) is 2.62. The second-order valence-electron chi connectivity index (χ2n) is 6.10. The van der Waals surface area contributed by atoms with E-state index in [1.165, 1.54) is 0 Å². The Kier molecular flexibility index (Phi) is 7.20. The van der Waals surface area contributed by atoms with Crippen molar-refractivity contribution in [3.63, 3.8) is 0 Å². The molecule has 0 saturated carbocycles. The van der Waals surface area contributed by atoms with Crippen LogP contribution < -0.4 is 0 Å². The number of rotatable bonds is 9. The molecule has 0 saturated heterocycles. The molecule has 0 aliphatic rings. The lowest BCUT2D eigenvalue weighted by Crippen LogP contribution is -2.27. The number of hydrogen-bond donors (Lipinski definition) is 1. The zero-order valence-electron chi connectivity index (χ0n) is 14.4. The molecular formula is C21H24O4. The average molecular weight is 340 g/mol. The van der Waals surface area contributed by atoms with Gasteiger partial charge in [-0.15, -0.1) is 0 Å². The number of esters is 1. The Hall–Kier alpha value is -2.62. The molecule has 0 bridgehead atoms. The highest BCUT2D eigenvalue weighted by molar-refractivity contribution is 5.75. The molecule has 2 atom stereocenters. The molecule has 4 heteroatoms. The predicted molar refractivity (Wildman–Crippen MR) is 96.2 cm³/mol. The first-order valence-corrected chi connectivity index (χ1v) is 8.57. The second kappa shape index (κ2) is 9.62. The van der Waals surface area contributed by atoms with E-state index >= 15 is 0 Å². The van der Waals surface area contributed by atoms with Crippen molar-refractivity contribution >= 4 is 11.9 Å². The summed E-state index contributed by atoms with van der Waals surface area (Å²) in [4.78, 5) is 24.1. The number of aliphatic carboxylic acids is 1. The van der Waals surface area contributed by atoms with E-state index < -0.39 is 17.8 Å². The van der Waals surface area contributed by atoms with Gasteiger partial charge in [0.05, 0.1) is 18.4 Å². The first kappa shape index (κ1) is 18.7. The molecule has 2 rings (SSSR count). The van der Waals surface area contributed by atoms with Crippen LogP contribution in [0.2, 0.25) is 0 Å². The minimum Gasteiger partial charge on any atom is -0.481 e. The number of carboxylic acid groups (broad SMARTS) is 1. The van der Waals surface area contributed by atoms with Gasteiger partial charge < -0.3 is 9.84 Å². The summed E-state index contributed by atoms with van der Waals surface area (Å²) in [5.74, 6) is -2.30. The summed E-state index contributed by atoms with van der Waals surface area (Å²) in [6.45, 7) is 2.05. The molecule has 0 aliphatic heterocycles. The maximum absolute atomic E-state index is 12.3. The Labute approximate surface area is 148 Å². The molecule has 0 amide bonds. The predicted octanol–water partition coefficient (Wildman–Crippen LogP) is 3.74. The van der Waals surface area contributed by atoms with Crippen LogP contribution in [0.1, 0.15) is 24.5 Å². The van der Waals surface area contributed by atoms with Gasteiger partial charge in [-0.25, -0.2) is 0 Å². The Morgan fingerprint density at radius 3 is 1.80 bits per heavy atom. The van der Waals surface area contributed by atoms with E-state index in [0.29, 0.717) is 19.4 Å². The van der Waals surface area contributed by atoms with Gasteiger partial charge in [-0.05, 0) is 37.3 Å². The van der Waals surface area contributed by atoms with E-state index in [4.69, 9.17) is 4.74 Å². The van der Waals surface area contributed by atoms with E-state index in [9.17, 15) is 14.7 Å². The van der Waals surface area contributed by atoms with Crippen molar-refractivity contribution in [1.82, 2.24) is 0 Å². The standard InChI is InChI=1S/C21H24O4/c1-2-25-21(24)19(14-17-11-7-4-8-12-17)15-18(20(22)23)13-16-9-5-3-6-10-16/h3-12,18-19H,2,13-15H2,1H3,(H,22,23)/t18-,19-/m1/s1. The zero-order chi connectivity index (χ0) is 18.1. The van der Waals surface area contributed by atoms with Gasteiger partial charge in [-0.2, -0.15) is 0 Å². The molecule has 0 aromatic heterocycles. The molecule has 2 aromatic rings. The first-order valence-electron chi connectivity index (χ1n) is 8.57. The quantitative estimate of drug-likeness (QED) is 0.706. The fraction of sp³-hybridized carbons (Fsp3) is 0.333. The zero-order valence-corrected chi connectivity index (χ0v) is 14.4. The van der Waals surface area contributed by atoms with Crippen molar-refractivity contribution in [2.24, 2.45) is 11.8 Å². The van der Waals surface area contributed by atoms with Gasteiger partial charge in [0.25, 0.3) is 0 Å². The van der Waals surface area contributed by atoms with Crippen molar-refractivity contribution < 1.29 is 19.4 Å². The Bertz CT molecular complexity index is 667. The highest BCUT2D eigenvalue weighted by atomic mass is 16.5. The lowest BCUT2D eigenvalue weighted by Gasteiger charge is -2.20. The van der Waals surface area contributed by atoms with Crippen LogP contribution in [-0.4, -0.2) is 23.7 Å². The Morgan fingerprint density at radius 1 is 0.880 bits per heavy atom. The number of ether oxygens (including phenoxy) is 1.